The minimum absolute atomic E-state index is 0.154. The van der Waals surface area contributed by atoms with Crippen LogP contribution in [-0.4, -0.2) is 34.5 Å². The normalized spacial score (nSPS) is 17.6. The van der Waals surface area contributed by atoms with Crippen molar-refractivity contribution < 1.29 is 14.7 Å². The van der Waals surface area contributed by atoms with E-state index in [2.05, 4.69) is 11.6 Å². The molecule has 1 fully saturated rings. The molecule has 0 saturated heterocycles. The molecule has 0 radical (unpaired) electrons. The van der Waals surface area contributed by atoms with Crippen molar-refractivity contribution in [2.24, 2.45) is 0 Å². The molecule has 2 N–H and O–H groups in total. The number of amides is 1. The van der Waals surface area contributed by atoms with Crippen LogP contribution in [0.1, 0.15) is 51.4 Å². The van der Waals surface area contributed by atoms with Gasteiger partial charge in [-0.05, 0) is 31.2 Å². The smallest absolute Gasteiger partial charge is 0.345 e. The molecule has 6 heteroatoms. The second-order valence-corrected chi connectivity index (χ2v) is 7.46. The molecule has 0 atom stereocenters. The average molecular weight is 313 g/mol. The van der Waals surface area contributed by atoms with Gasteiger partial charge in [0.2, 0.25) is 0 Å². The summed E-state index contributed by atoms with van der Waals surface area (Å²) < 4.78 is 0.154. The summed E-state index contributed by atoms with van der Waals surface area (Å²) in [7, 11) is 0. The average Bonchev–Trinajstić information content (AvgIpc) is 2.96. The molecule has 1 heterocycles. The zero-order valence-corrected chi connectivity index (χ0v) is 13.1. The summed E-state index contributed by atoms with van der Waals surface area (Å²) in [6, 6.07) is 3.06. The van der Waals surface area contributed by atoms with E-state index in [1.807, 2.05) is 11.8 Å². The molecule has 1 aromatic heterocycles. The van der Waals surface area contributed by atoms with E-state index in [4.69, 9.17) is 5.11 Å². The highest BCUT2D eigenvalue weighted by Crippen LogP contribution is 2.38. The standard InChI is InChI=1S/C14H19NO3S2/c1-19-14(7-3-2-4-8-14)9-15-12(16)10-5-6-11(20-10)13(17)18/h5-6H,2-4,7-9H2,1H3,(H,15,16)(H,17,18). The quantitative estimate of drug-likeness (QED) is 0.876. The van der Waals surface area contributed by atoms with Crippen molar-refractivity contribution in [2.75, 3.05) is 12.8 Å². The highest BCUT2D eigenvalue weighted by atomic mass is 32.2. The van der Waals surface area contributed by atoms with E-state index in [9.17, 15) is 9.59 Å². The van der Waals surface area contributed by atoms with Crippen molar-refractivity contribution in [1.29, 1.82) is 0 Å². The largest absolute Gasteiger partial charge is 0.477 e. The van der Waals surface area contributed by atoms with Gasteiger partial charge in [0.05, 0.1) is 4.88 Å². The van der Waals surface area contributed by atoms with Gasteiger partial charge in [0, 0.05) is 11.3 Å². The Kier molecular flexibility index (Phi) is 5.10. The molecule has 20 heavy (non-hydrogen) atoms. The number of thiophene rings is 1. The summed E-state index contributed by atoms with van der Waals surface area (Å²) >= 11 is 2.86. The number of nitrogens with one attached hydrogen (secondary N) is 1. The molecule has 1 amide bonds. The fraction of sp³-hybridized carbons (Fsp3) is 0.571. The number of thioether (sulfide) groups is 1. The van der Waals surface area contributed by atoms with Gasteiger partial charge in [0.25, 0.3) is 5.91 Å². The number of carbonyl (C=O) groups excluding carboxylic acids is 1. The van der Waals surface area contributed by atoms with Crippen LogP contribution >= 0.6 is 23.1 Å². The number of carboxylic acids is 1. The van der Waals surface area contributed by atoms with Crippen LogP contribution in [0.2, 0.25) is 0 Å². The summed E-state index contributed by atoms with van der Waals surface area (Å²) in [5, 5.41) is 11.8. The molecule has 1 aliphatic rings. The molecule has 2 rings (SSSR count). The molecule has 1 aliphatic carbocycles. The van der Waals surface area contributed by atoms with Gasteiger partial charge < -0.3 is 10.4 Å². The third-order valence-corrected chi connectivity index (χ3v) is 6.30. The van der Waals surface area contributed by atoms with Gasteiger partial charge in [0.1, 0.15) is 4.88 Å². The lowest BCUT2D eigenvalue weighted by molar-refractivity contribution is 0.0702. The molecule has 0 unspecified atom stereocenters. The van der Waals surface area contributed by atoms with E-state index in [1.165, 1.54) is 25.3 Å². The van der Waals surface area contributed by atoms with Gasteiger partial charge in [-0.1, -0.05) is 19.3 Å². The lowest BCUT2D eigenvalue weighted by atomic mass is 9.88. The Balaban J connectivity index is 1.95. The van der Waals surface area contributed by atoms with Gasteiger partial charge in [-0.2, -0.15) is 11.8 Å². The first kappa shape index (κ1) is 15.4. The van der Waals surface area contributed by atoms with Crippen molar-refractivity contribution in [3.05, 3.63) is 21.9 Å². The lowest BCUT2D eigenvalue weighted by Crippen LogP contribution is -2.41. The Morgan fingerprint density at radius 1 is 1.30 bits per heavy atom. The van der Waals surface area contributed by atoms with Crippen molar-refractivity contribution >= 4 is 35.0 Å². The first-order valence-electron chi connectivity index (χ1n) is 6.73. The zero-order chi connectivity index (χ0) is 14.6. The molecule has 0 bridgehead atoms. The second-order valence-electron chi connectivity index (χ2n) is 5.10. The first-order chi connectivity index (χ1) is 9.56. The molecule has 0 aliphatic heterocycles. The van der Waals surface area contributed by atoms with E-state index < -0.39 is 5.97 Å². The number of hydrogen-bond donors (Lipinski definition) is 2. The van der Waals surface area contributed by atoms with Crippen LogP contribution in [0.25, 0.3) is 0 Å². The molecule has 110 valence electrons. The van der Waals surface area contributed by atoms with Gasteiger partial charge in [-0.25, -0.2) is 4.79 Å². The highest BCUT2D eigenvalue weighted by molar-refractivity contribution is 8.00. The summed E-state index contributed by atoms with van der Waals surface area (Å²) in [5.74, 6) is -1.15. The lowest BCUT2D eigenvalue weighted by Gasteiger charge is -2.35. The second kappa shape index (κ2) is 6.63. The Bertz CT molecular complexity index is 492. The van der Waals surface area contributed by atoms with Crippen LogP contribution in [0, 0.1) is 0 Å². The van der Waals surface area contributed by atoms with Gasteiger partial charge >= 0.3 is 5.97 Å². The van der Waals surface area contributed by atoms with Crippen molar-refractivity contribution in [3.63, 3.8) is 0 Å². The topological polar surface area (TPSA) is 66.4 Å². The maximum absolute atomic E-state index is 12.1. The van der Waals surface area contributed by atoms with Gasteiger partial charge in [-0.15, -0.1) is 11.3 Å². The Labute approximate surface area is 127 Å². The number of carboxylic acid groups (broad SMARTS) is 1. The third-order valence-electron chi connectivity index (χ3n) is 3.81. The van der Waals surface area contributed by atoms with Crippen LogP contribution in [0.3, 0.4) is 0 Å². The molecule has 1 saturated carbocycles. The number of carbonyl (C=O) groups is 2. The number of aromatic carboxylic acids is 1. The predicted molar refractivity (Wildman–Crippen MR) is 82.9 cm³/mol. The van der Waals surface area contributed by atoms with Crippen molar-refractivity contribution in [3.8, 4) is 0 Å². The Morgan fingerprint density at radius 2 is 1.95 bits per heavy atom. The Hall–Kier alpha value is -1.01. The molecular formula is C14H19NO3S2. The summed E-state index contributed by atoms with van der Waals surface area (Å²) in [6.07, 6.45) is 8.10. The molecule has 0 spiro atoms. The molecule has 0 aromatic carbocycles. The SMILES string of the molecule is CSC1(CNC(=O)c2ccc(C(=O)O)s2)CCCCC1. The van der Waals surface area contributed by atoms with E-state index in [0.29, 0.717) is 11.4 Å². The fourth-order valence-corrected chi connectivity index (χ4v) is 4.23. The number of rotatable bonds is 5. The fourth-order valence-electron chi connectivity index (χ4n) is 2.55. The van der Waals surface area contributed by atoms with E-state index >= 15 is 0 Å². The summed E-state index contributed by atoms with van der Waals surface area (Å²) in [6.45, 7) is 0.660. The van der Waals surface area contributed by atoms with Crippen LogP contribution in [0.15, 0.2) is 12.1 Å². The highest BCUT2D eigenvalue weighted by Gasteiger charge is 2.31. The van der Waals surface area contributed by atoms with Crippen LogP contribution < -0.4 is 5.32 Å². The minimum Gasteiger partial charge on any atom is -0.477 e. The van der Waals surface area contributed by atoms with Gasteiger partial charge in [0.15, 0.2) is 0 Å². The molecule has 4 nitrogen and oxygen atoms in total. The molecular weight excluding hydrogens is 294 g/mol. The third kappa shape index (κ3) is 3.55. The van der Waals surface area contributed by atoms with Crippen molar-refractivity contribution in [1.82, 2.24) is 5.32 Å². The monoisotopic (exact) mass is 313 g/mol. The van der Waals surface area contributed by atoms with E-state index in [-0.39, 0.29) is 15.5 Å². The first-order valence-corrected chi connectivity index (χ1v) is 8.77. The zero-order valence-electron chi connectivity index (χ0n) is 11.5. The number of hydrogen-bond acceptors (Lipinski definition) is 4. The summed E-state index contributed by atoms with van der Waals surface area (Å²) in [4.78, 5) is 23.6. The molecule has 1 aromatic rings. The summed E-state index contributed by atoms with van der Waals surface area (Å²) in [5.41, 5.74) is 0. The minimum atomic E-state index is -0.984. The van der Waals surface area contributed by atoms with E-state index in [1.54, 1.807) is 6.07 Å². The van der Waals surface area contributed by atoms with Crippen LogP contribution in [-0.2, 0) is 0 Å². The maximum Gasteiger partial charge on any atom is 0.345 e. The van der Waals surface area contributed by atoms with Gasteiger partial charge in [-0.3, -0.25) is 4.79 Å². The maximum atomic E-state index is 12.1. The predicted octanol–water partition coefficient (Wildman–Crippen LogP) is 3.24. The van der Waals surface area contributed by atoms with Crippen molar-refractivity contribution in [2.45, 2.75) is 36.9 Å². The van der Waals surface area contributed by atoms with Crippen LogP contribution in [0.4, 0.5) is 0 Å². The van der Waals surface area contributed by atoms with E-state index in [0.717, 1.165) is 24.2 Å². The van der Waals surface area contributed by atoms with Crippen LogP contribution in [0.5, 0.6) is 0 Å². The Morgan fingerprint density at radius 3 is 2.50 bits per heavy atom.